The molecule has 1 saturated heterocycles. The zero-order valence-corrected chi connectivity index (χ0v) is 14.8. The molecule has 0 radical (unpaired) electrons. The summed E-state index contributed by atoms with van der Waals surface area (Å²) in [6.07, 6.45) is 5.36. The molecule has 7 heteroatoms. The number of carbonyl (C=O) groups is 1. The number of amides is 1. The highest BCUT2D eigenvalue weighted by Gasteiger charge is 2.18. The molecule has 1 aromatic carbocycles. The summed E-state index contributed by atoms with van der Waals surface area (Å²) in [5.74, 6) is 1.11. The van der Waals surface area contributed by atoms with E-state index in [0.29, 0.717) is 27.2 Å². The summed E-state index contributed by atoms with van der Waals surface area (Å²) in [5.41, 5.74) is 0.885. The van der Waals surface area contributed by atoms with E-state index in [2.05, 4.69) is 27.1 Å². The van der Waals surface area contributed by atoms with Crippen molar-refractivity contribution in [3.63, 3.8) is 0 Å². The van der Waals surface area contributed by atoms with Crippen molar-refractivity contribution < 1.29 is 4.79 Å². The first-order valence-corrected chi connectivity index (χ1v) is 8.62. The van der Waals surface area contributed by atoms with Crippen LogP contribution in [0.5, 0.6) is 0 Å². The Bertz CT molecular complexity index is 728. The van der Waals surface area contributed by atoms with Crippen LogP contribution in [-0.2, 0) is 0 Å². The Morgan fingerprint density at radius 1 is 1.21 bits per heavy atom. The Morgan fingerprint density at radius 3 is 2.50 bits per heavy atom. The fraction of sp³-hybridized carbons (Fsp3) is 0.353. The number of hydrogen-bond donors (Lipinski definition) is 1. The number of benzene rings is 1. The molecule has 1 aliphatic rings. The SMILES string of the molecule is CC1CCN(c2ncc(C(=O)Nc3ccc(Cl)cc3Cl)cn2)CC1. The van der Waals surface area contributed by atoms with Crippen LogP contribution in [0.25, 0.3) is 0 Å². The maximum atomic E-state index is 12.3. The first-order valence-electron chi connectivity index (χ1n) is 7.86. The summed E-state index contributed by atoms with van der Waals surface area (Å²) in [7, 11) is 0. The molecule has 0 aliphatic carbocycles. The van der Waals surface area contributed by atoms with Gasteiger partial charge in [0.25, 0.3) is 5.91 Å². The molecule has 0 unspecified atom stereocenters. The standard InChI is InChI=1S/C17H18Cl2N4O/c1-11-4-6-23(7-5-11)17-20-9-12(10-21-17)16(24)22-15-3-2-13(18)8-14(15)19/h2-3,8-11H,4-7H2,1H3,(H,22,24). The van der Waals surface area contributed by atoms with Crippen LogP contribution >= 0.6 is 23.2 Å². The predicted octanol–water partition coefficient (Wildman–Crippen LogP) is 4.27. The second-order valence-corrected chi connectivity index (χ2v) is 6.86. The van der Waals surface area contributed by atoms with Crippen LogP contribution in [0.3, 0.4) is 0 Å². The van der Waals surface area contributed by atoms with E-state index in [0.717, 1.165) is 31.8 Å². The van der Waals surface area contributed by atoms with E-state index in [1.807, 2.05) is 0 Å². The number of nitrogens with one attached hydrogen (secondary N) is 1. The van der Waals surface area contributed by atoms with Crippen LogP contribution < -0.4 is 10.2 Å². The summed E-state index contributed by atoms with van der Waals surface area (Å²) in [4.78, 5) is 23.1. The first-order chi connectivity index (χ1) is 11.5. The number of anilines is 2. The van der Waals surface area contributed by atoms with Crippen molar-refractivity contribution in [2.75, 3.05) is 23.3 Å². The third-order valence-electron chi connectivity index (χ3n) is 4.15. The Balaban J connectivity index is 1.67. The van der Waals surface area contributed by atoms with Crippen molar-refractivity contribution in [2.24, 2.45) is 5.92 Å². The summed E-state index contributed by atoms with van der Waals surface area (Å²) in [5, 5.41) is 3.64. The molecule has 1 amide bonds. The monoisotopic (exact) mass is 364 g/mol. The van der Waals surface area contributed by atoms with Crippen LogP contribution in [0.2, 0.25) is 10.0 Å². The molecule has 0 atom stereocenters. The zero-order valence-electron chi connectivity index (χ0n) is 13.3. The number of hydrogen-bond acceptors (Lipinski definition) is 4. The van der Waals surface area contributed by atoms with Crippen LogP contribution in [0, 0.1) is 5.92 Å². The third kappa shape index (κ3) is 3.97. The van der Waals surface area contributed by atoms with Crippen molar-refractivity contribution in [1.82, 2.24) is 9.97 Å². The van der Waals surface area contributed by atoms with Gasteiger partial charge in [0.2, 0.25) is 5.95 Å². The van der Waals surface area contributed by atoms with E-state index >= 15 is 0 Å². The number of aromatic nitrogens is 2. The van der Waals surface area contributed by atoms with Gasteiger partial charge >= 0.3 is 0 Å². The molecule has 1 aromatic heterocycles. The smallest absolute Gasteiger partial charge is 0.258 e. The molecule has 126 valence electrons. The predicted molar refractivity (Wildman–Crippen MR) is 97.1 cm³/mol. The zero-order chi connectivity index (χ0) is 17.1. The second kappa shape index (κ2) is 7.36. The largest absolute Gasteiger partial charge is 0.341 e. The van der Waals surface area contributed by atoms with Gasteiger partial charge in [-0.15, -0.1) is 0 Å². The number of halogens is 2. The number of piperidine rings is 1. The highest BCUT2D eigenvalue weighted by molar-refractivity contribution is 6.36. The molecule has 0 saturated carbocycles. The fourth-order valence-electron chi connectivity index (χ4n) is 2.60. The lowest BCUT2D eigenvalue weighted by molar-refractivity contribution is 0.102. The molecule has 2 aromatic rings. The van der Waals surface area contributed by atoms with Gasteiger partial charge in [-0.2, -0.15) is 0 Å². The van der Waals surface area contributed by atoms with E-state index in [-0.39, 0.29) is 5.91 Å². The molecular formula is C17H18Cl2N4O. The number of nitrogens with zero attached hydrogens (tertiary/aromatic N) is 3. The van der Waals surface area contributed by atoms with Crippen LogP contribution in [-0.4, -0.2) is 29.0 Å². The van der Waals surface area contributed by atoms with Gasteiger partial charge < -0.3 is 10.2 Å². The Kier molecular flexibility index (Phi) is 5.21. The molecule has 1 fully saturated rings. The number of rotatable bonds is 3. The maximum Gasteiger partial charge on any atom is 0.258 e. The lowest BCUT2D eigenvalue weighted by Crippen LogP contribution is -2.34. The van der Waals surface area contributed by atoms with Gasteiger partial charge in [-0.25, -0.2) is 9.97 Å². The van der Waals surface area contributed by atoms with E-state index in [9.17, 15) is 4.79 Å². The molecular weight excluding hydrogens is 347 g/mol. The van der Waals surface area contributed by atoms with Crippen LogP contribution in [0.4, 0.5) is 11.6 Å². The Hall–Kier alpha value is -1.85. The van der Waals surface area contributed by atoms with Crippen molar-refractivity contribution in [2.45, 2.75) is 19.8 Å². The third-order valence-corrected chi connectivity index (χ3v) is 4.69. The minimum absolute atomic E-state index is 0.307. The van der Waals surface area contributed by atoms with Gasteiger partial charge in [-0.05, 0) is 37.0 Å². The van der Waals surface area contributed by atoms with Gasteiger partial charge in [0.05, 0.1) is 16.3 Å². The summed E-state index contributed by atoms with van der Waals surface area (Å²) in [6.45, 7) is 4.16. The van der Waals surface area contributed by atoms with Gasteiger partial charge in [0, 0.05) is 30.5 Å². The molecule has 3 rings (SSSR count). The summed E-state index contributed by atoms with van der Waals surface area (Å²) in [6, 6.07) is 4.91. The molecule has 0 spiro atoms. The van der Waals surface area contributed by atoms with Crippen LogP contribution in [0.1, 0.15) is 30.1 Å². The highest BCUT2D eigenvalue weighted by atomic mass is 35.5. The van der Waals surface area contributed by atoms with E-state index in [1.165, 1.54) is 0 Å². The van der Waals surface area contributed by atoms with E-state index in [4.69, 9.17) is 23.2 Å². The lowest BCUT2D eigenvalue weighted by Gasteiger charge is -2.30. The van der Waals surface area contributed by atoms with Gasteiger partial charge in [-0.3, -0.25) is 4.79 Å². The molecule has 5 nitrogen and oxygen atoms in total. The molecule has 1 N–H and O–H groups in total. The summed E-state index contributed by atoms with van der Waals surface area (Å²) >= 11 is 11.9. The average molecular weight is 365 g/mol. The molecule has 2 heterocycles. The Labute approximate surface area is 151 Å². The summed E-state index contributed by atoms with van der Waals surface area (Å²) < 4.78 is 0. The van der Waals surface area contributed by atoms with Crippen molar-refractivity contribution >= 4 is 40.7 Å². The fourth-order valence-corrected chi connectivity index (χ4v) is 3.05. The van der Waals surface area contributed by atoms with Crippen molar-refractivity contribution in [1.29, 1.82) is 0 Å². The highest BCUT2D eigenvalue weighted by Crippen LogP contribution is 2.26. The average Bonchev–Trinajstić information content (AvgIpc) is 2.58. The lowest BCUT2D eigenvalue weighted by atomic mass is 10.00. The Morgan fingerprint density at radius 2 is 1.88 bits per heavy atom. The maximum absolute atomic E-state index is 12.3. The molecule has 0 bridgehead atoms. The molecule has 1 aliphatic heterocycles. The van der Waals surface area contributed by atoms with Crippen molar-refractivity contribution in [3.8, 4) is 0 Å². The second-order valence-electron chi connectivity index (χ2n) is 6.02. The minimum Gasteiger partial charge on any atom is -0.341 e. The minimum atomic E-state index is -0.307. The number of carbonyl (C=O) groups excluding carboxylic acids is 1. The molecule has 24 heavy (non-hydrogen) atoms. The van der Waals surface area contributed by atoms with Gasteiger partial charge in [0.15, 0.2) is 0 Å². The van der Waals surface area contributed by atoms with E-state index < -0.39 is 0 Å². The van der Waals surface area contributed by atoms with Crippen molar-refractivity contribution in [3.05, 3.63) is 46.2 Å². The topological polar surface area (TPSA) is 58.1 Å². The first kappa shape index (κ1) is 17.0. The van der Waals surface area contributed by atoms with Gasteiger partial charge in [0.1, 0.15) is 0 Å². The van der Waals surface area contributed by atoms with Crippen LogP contribution in [0.15, 0.2) is 30.6 Å². The quantitative estimate of drug-likeness (QED) is 0.883. The van der Waals surface area contributed by atoms with Gasteiger partial charge in [-0.1, -0.05) is 30.1 Å². The van der Waals surface area contributed by atoms with E-state index in [1.54, 1.807) is 30.6 Å². The normalized spacial score (nSPS) is 15.4.